The summed E-state index contributed by atoms with van der Waals surface area (Å²) in [6.07, 6.45) is 0. The first kappa shape index (κ1) is 15.5. The largest absolute Gasteiger partial charge is 0.493 e. The van der Waals surface area contributed by atoms with Gasteiger partial charge in [0.2, 0.25) is 0 Å². The van der Waals surface area contributed by atoms with Gasteiger partial charge in [0, 0.05) is 11.5 Å². The van der Waals surface area contributed by atoms with E-state index in [2.05, 4.69) is 5.10 Å². The second kappa shape index (κ2) is 6.04. The van der Waals surface area contributed by atoms with Gasteiger partial charge in [0.15, 0.2) is 17.2 Å². The van der Waals surface area contributed by atoms with Gasteiger partial charge in [0.25, 0.3) is 5.56 Å². The molecular weight excluding hydrogens is 312 g/mol. The van der Waals surface area contributed by atoms with Crippen molar-refractivity contribution in [2.45, 2.75) is 0 Å². The molecule has 3 rings (SSSR count). The molecule has 3 aromatic rings. The van der Waals surface area contributed by atoms with Crippen molar-refractivity contribution >= 4 is 16.7 Å². The second-order valence-electron chi connectivity index (χ2n) is 4.96. The fraction of sp³-hybridized carbons (Fsp3) is 0.118. The highest BCUT2D eigenvalue weighted by Crippen LogP contribution is 2.28. The zero-order valence-electron chi connectivity index (χ0n) is 13.0. The van der Waals surface area contributed by atoms with Gasteiger partial charge in [-0.05, 0) is 18.2 Å². The monoisotopic (exact) mass is 326 g/mol. The lowest BCUT2D eigenvalue weighted by Crippen LogP contribution is -2.24. The molecule has 0 radical (unpaired) electrons. The van der Waals surface area contributed by atoms with Gasteiger partial charge < -0.3 is 14.6 Å². The van der Waals surface area contributed by atoms with Crippen molar-refractivity contribution in [2.24, 2.45) is 0 Å². The number of benzene rings is 2. The Labute approximate surface area is 136 Å². The van der Waals surface area contributed by atoms with Crippen molar-refractivity contribution in [3.8, 4) is 17.2 Å². The quantitative estimate of drug-likeness (QED) is 0.789. The first-order chi connectivity index (χ1) is 11.6. The van der Waals surface area contributed by atoms with Crippen LogP contribution in [-0.2, 0) is 0 Å². The van der Waals surface area contributed by atoms with E-state index in [1.54, 1.807) is 42.5 Å². The Morgan fingerprint density at radius 1 is 1.04 bits per heavy atom. The molecule has 0 saturated heterocycles. The van der Waals surface area contributed by atoms with E-state index in [4.69, 9.17) is 9.47 Å². The lowest BCUT2D eigenvalue weighted by Gasteiger charge is -2.12. The summed E-state index contributed by atoms with van der Waals surface area (Å²) in [7, 11) is 2.97. The summed E-state index contributed by atoms with van der Waals surface area (Å²) in [5.41, 5.74) is -0.228. The van der Waals surface area contributed by atoms with Crippen molar-refractivity contribution in [1.29, 1.82) is 0 Å². The third-order valence-electron chi connectivity index (χ3n) is 3.62. The molecule has 0 aliphatic carbocycles. The van der Waals surface area contributed by atoms with Crippen LogP contribution in [0.2, 0.25) is 0 Å². The third-order valence-corrected chi connectivity index (χ3v) is 3.62. The van der Waals surface area contributed by atoms with Crippen LogP contribution >= 0.6 is 0 Å². The maximum Gasteiger partial charge on any atom is 0.357 e. The maximum absolute atomic E-state index is 12.7. The van der Waals surface area contributed by atoms with Crippen LogP contribution in [-0.4, -0.2) is 35.1 Å². The molecule has 1 heterocycles. The molecule has 0 atom stereocenters. The molecule has 2 aromatic carbocycles. The zero-order valence-corrected chi connectivity index (χ0v) is 13.0. The molecule has 0 unspecified atom stereocenters. The van der Waals surface area contributed by atoms with E-state index >= 15 is 0 Å². The fourth-order valence-corrected chi connectivity index (χ4v) is 2.48. The lowest BCUT2D eigenvalue weighted by molar-refractivity contribution is 0.0691. The number of aromatic nitrogens is 2. The topological polar surface area (TPSA) is 90.7 Å². The predicted octanol–water partition coefficient (Wildman–Crippen LogP) is 2.10. The number of ether oxygens (including phenoxy) is 2. The number of hydrogen-bond acceptors (Lipinski definition) is 5. The van der Waals surface area contributed by atoms with Crippen LogP contribution in [0.5, 0.6) is 11.5 Å². The molecule has 122 valence electrons. The molecule has 0 bridgehead atoms. The van der Waals surface area contributed by atoms with Gasteiger partial charge in [-0.2, -0.15) is 9.78 Å². The number of hydrogen-bond donors (Lipinski definition) is 1. The van der Waals surface area contributed by atoms with Crippen LogP contribution in [0, 0.1) is 0 Å². The van der Waals surface area contributed by atoms with Gasteiger partial charge in [-0.15, -0.1) is 0 Å². The van der Waals surface area contributed by atoms with Gasteiger partial charge in [0.05, 0.1) is 25.3 Å². The Balaban J connectivity index is 2.33. The Kier molecular flexibility index (Phi) is 3.91. The number of methoxy groups -OCH3 is 2. The number of nitrogens with zero attached hydrogens (tertiary/aromatic N) is 2. The summed E-state index contributed by atoms with van der Waals surface area (Å²) in [5.74, 6) is -0.303. The highest BCUT2D eigenvalue weighted by Gasteiger charge is 2.17. The average Bonchev–Trinajstić information content (AvgIpc) is 2.61. The van der Waals surface area contributed by atoms with E-state index < -0.39 is 11.5 Å². The minimum Gasteiger partial charge on any atom is -0.493 e. The number of carbonyl (C=O) groups is 1. The molecule has 0 aliphatic rings. The molecular formula is C17H14N2O5. The number of aromatic carboxylic acids is 1. The smallest absolute Gasteiger partial charge is 0.357 e. The van der Waals surface area contributed by atoms with Crippen molar-refractivity contribution in [2.75, 3.05) is 14.2 Å². The molecule has 24 heavy (non-hydrogen) atoms. The number of fused-ring (bicyclic) bond motifs is 1. The highest BCUT2D eigenvalue weighted by atomic mass is 16.5. The average molecular weight is 326 g/mol. The zero-order chi connectivity index (χ0) is 17.3. The highest BCUT2D eigenvalue weighted by molar-refractivity contribution is 6.01. The molecule has 0 fully saturated rings. The van der Waals surface area contributed by atoms with Crippen molar-refractivity contribution in [1.82, 2.24) is 9.78 Å². The van der Waals surface area contributed by atoms with Crippen LogP contribution in [0.25, 0.3) is 16.5 Å². The van der Waals surface area contributed by atoms with Crippen molar-refractivity contribution in [3.05, 3.63) is 58.5 Å². The molecule has 0 saturated carbocycles. The van der Waals surface area contributed by atoms with E-state index in [-0.39, 0.29) is 11.1 Å². The summed E-state index contributed by atoms with van der Waals surface area (Å²) >= 11 is 0. The molecule has 0 amide bonds. The normalized spacial score (nSPS) is 10.6. The summed E-state index contributed by atoms with van der Waals surface area (Å²) in [6, 6.07) is 11.3. The van der Waals surface area contributed by atoms with Gasteiger partial charge in [-0.25, -0.2) is 4.79 Å². The third kappa shape index (κ3) is 2.45. The summed E-state index contributed by atoms with van der Waals surface area (Å²) in [6.45, 7) is 0. The minimum absolute atomic E-state index is 0.194. The van der Waals surface area contributed by atoms with Crippen LogP contribution in [0.3, 0.4) is 0 Å². The van der Waals surface area contributed by atoms with Crippen LogP contribution in [0.15, 0.2) is 47.3 Å². The summed E-state index contributed by atoms with van der Waals surface area (Å²) < 4.78 is 11.4. The Morgan fingerprint density at radius 2 is 1.71 bits per heavy atom. The number of carboxylic acid groups (broad SMARTS) is 1. The minimum atomic E-state index is -1.21. The lowest BCUT2D eigenvalue weighted by atomic mass is 10.1. The molecule has 1 N–H and O–H groups in total. The Morgan fingerprint density at radius 3 is 2.33 bits per heavy atom. The van der Waals surface area contributed by atoms with Gasteiger partial charge in [-0.3, -0.25) is 4.79 Å². The van der Waals surface area contributed by atoms with E-state index in [0.717, 1.165) is 4.68 Å². The van der Waals surface area contributed by atoms with Crippen LogP contribution in [0.1, 0.15) is 10.5 Å². The molecule has 7 heteroatoms. The first-order valence-corrected chi connectivity index (χ1v) is 7.04. The second-order valence-corrected chi connectivity index (χ2v) is 4.96. The van der Waals surface area contributed by atoms with Crippen molar-refractivity contribution in [3.63, 3.8) is 0 Å². The Hall–Kier alpha value is -3.35. The van der Waals surface area contributed by atoms with Crippen LogP contribution in [0.4, 0.5) is 0 Å². The number of rotatable bonds is 4. The number of carboxylic acids is 1. The van der Waals surface area contributed by atoms with Crippen LogP contribution < -0.4 is 15.0 Å². The predicted molar refractivity (Wildman–Crippen MR) is 87.4 cm³/mol. The summed E-state index contributed by atoms with van der Waals surface area (Å²) in [5, 5.41) is 14.0. The molecule has 1 aromatic heterocycles. The molecule has 7 nitrogen and oxygen atoms in total. The first-order valence-electron chi connectivity index (χ1n) is 7.04. The molecule has 0 aliphatic heterocycles. The van der Waals surface area contributed by atoms with E-state index in [9.17, 15) is 14.7 Å². The summed E-state index contributed by atoms with van der Waals surface area (Å²) in [4.78, 5) is 24.2. The standard InChI is InChI=1S/C17H14N2O5/c1-23-13-8-7-10(9-14(13)24-2)19-16(20)12-6-4-3-5-11(12)15(18-19)17(21)22/h3-9H,1-2H3,(H,21,22). The maximum atomic E-state index is 12.7. The van der Waals surface area contributed by atoms with Gasteiger partial charge in [-0.1, -0.05) is 18.2 Å². The van der Waals surface area contributed by atoms with Gasteiger partial charge in [0.1, 0.15) is 0 Å². The molecule has 0 spiro atoms. The van der Waals surface area contributed by atoms with Gasteiger partial charge >= 0.3 is 5.97 Å². The Bertz CT molecular complexity index is 994. The van der Waals surface area contributed by atoms with Crippen molar-refractivity contribution < 1.29 is 19.4 Å². The fourth-order valence-electron chi connectivity index (χ4n) is 2.48. The van der Waals surface area contributed by atoms with E-state index in [0.29, 0.717) is 22.6 Å². The SMILES string of the molecule is COc1ccc(-n2nc(C(=O)O)c3ccccc3c2=O)cc1OC. The van der Waals surface area contributed by atoms with E-state index in [1.807, 2.05) is 0 Å². The van der Waals surface area contributed by atoms with E-state index in [1.165, 1.54) is 14.2 Å².